The molecule has 0 aliphatic carbocycles. The van der Waals surface area contributed by atoms with Crippen LogP contribution < -0.4 is 0 Å². The van der Waals surface area contributed by atoms with E-state index in [0.717, 1.165) is 44.1 Å². The Balaban J connectivity index is 2.07. The Morgan fingerprint density at radius 3 is 2.38 bits per heavy atom. The fourth-order valence-electron chi connectivity index (χ4n) is 3.26. The zero-order valence-corrected chi connectivity index (χ0v) is 13.4. The topological polar surface area (TPSA) is 26.0 Å². The highest BCUT2D eigenvalue weighted by Gasteiger charge is 2.18. The minimum Gasteiger partial charge on any atom is -0.454 e. The first-order valence-electron chi connectivity index (χ1n) is 7.78. The number of hydrogen-bond acceptors (Lipinski definition) is 2. The van der Waals surface area contributed by atoms with E-state index in [4.69, 9.17) is 21.0 Å². The summed E-state index contributed by atoms with van der Waals surface area (Å²) in [4.78, 5) is 4.84. The zero-order valence-electron chi connectivity index (χ0n) is 12.7. The molecule has 0 fully saturated rings. The Morgan fingerprint density at radius 2 is 1.50 bits per heavy atom. The second-order valence-electron chi connectivity index (χ2n) is 5.76. The number of benzene rings is 3. The average molecular weight is 330 g/mol. The first-order valence-corrected chi connectivity index (χ1v) is 8.15. The number of furan rings is 1. The summed E-state index contributed by atoms with van der Waals surface area (Å²) in [6, 6.07) is 24.0. The van der Waals surface area contributed by atoms with Crippen LogP contribution in [-0.2, 0) is 0 Å². The highest BCUT2D eigenvalue weighted by atomic mass is 35.5. The summed E-state index contributed by atoms with van der Waals surface area (Å²) in [5.41, 5.74) is 4.30. The molecule has 0 unspecified atom stereocenters. The molecule has 0 atom stereocenters. The lowest BCUT2D eigenvalue weighted by Gasteiger charge is -2.07. The monoisotopic (exact) mass is 329 g/mol. The molecule has 0 radical (unpaired) electrons. The lowest BCUT2D eigenvalue weighted by atomic mass is 10.0. The Kier molecular flexibility index (Phi) is 2.88. The standard InChI is InChI=1S/C21H12ClNO/c22-16-11-6-10-15-18-14-9-4-5-12-17(14)24-21(18)19(23-20(15)16)13-7-2-1-3-8-13/h1-12H. The highest BCUT2D eigenvalue weighted by Crippen LogP contribution is 2.40. The van der Waals surface area contributed by atoms with E-state index in [1.807, 2.05) is 66.7 Å². The van der Waals surface area contributed by atoms with Gasteiger partial charge in [-0.15, -0.1) is 0 Å². The summed E-state index contributed by atoms with van der Waals surface area (Å²) < 4.78 is 6.18. The molecule has 3 heteroatoms. The number of pyridine rings is 1. The van der Waals surface area contributed by atoms with Crippen molar-refractivity contribution in [1.82, 2.24) is 4.98 Å². The van der Waals surface area contributed by atoms with Crippen molar-refractivity contribution in [3.63, 3.8) is 0 Å². The number of halogens is 1. The molecule has 3 aromatic carbocycles. The summed E-state index contributed by atoms with van der Waals surface area (Å²) in [7, 11) is 0. The van der Waals surface area contributed by atoms with E-state index in [2.05, 4.69) is 6.07 Å². The molecule has 0 saturated heterocycles. The largest absolute Gasteiger partial charge is 0.454 e. The third-order valence-corrected chi connectivity index (χ3v) is 4.64. The van der Waals surface area contributed by atoms with Gasteiger partial charge in [0.1, 0.15) is 11.3 Å². The molecule has 0 amide bonds. The van der Waals surface area contributed by atoms with Crippen LogP contribution in [0.15, 0.2) is 77.2 Å². The Hall–Kier alpha value is -2.84. The second kappa shape index (κ2) is 5.08. The maximum absolute atomic E-state index is 6.44. The predicted octanol–water partition coefficient (Wildman–Crippen LogP) is 6.45. The molecule has 0 spiro atoms. The molecule has 2 nitrogen and oxygen atoms in total. The van der Waals surface area contributed by atoms with Crippen LogP contribution in [0.3, 0.4) is 0 Å². The van der Waals surface area contributed by atoms with Crippen LogP contribution in [0.1, 0.15) is 0 Å². The minimum atomic E-state index is 0.650. The smallest absolute Gasteiger partial charge is 0.162 e. The molecule has 2 aromatic heterocycles. The first-order chi connectivity index (χ1) is 11.8. The average Bonchev–Trinajstić information content (AvgIpc) is 3.02. The predicted molar refractivity (Wildman–Crippen MR) is 99.5 cm³/mol. The Labute approximate surface area is 143 Å². The lowest BCUT2D eigenvalue weighted by Crippen LogP contribution is -1.88. The number of rotatable bonds is 1. The molecular weight excluding hydrogens is 318 g/mol. The molecular formula is C21H12ClNO. The fraction of sp³-hybridized carbons (Fsp3) is 0. The number of nitrogens with zero attached hydrogens (tertiary/aromatic N) is 1. The van der Waals surface area contributed by atoms with Crippen molar-refractivity contribution in [1.29, 1.82) is 0 Å². The SMILES string of the molecule is Clc1cccc2c1nc(-c1ccccc1)c1oc3ccccc3c12. The van der Waals surface area contributed by atoms with Crippen LogP contribution in [0.25, 0.3) is 44.1 Å². The Morgan fingerprint density at radius 1 is 0.750 bits per heavy atom. The number of hydrogen-bond donors (Lipinski definition) is 0. The third kappa shape index (κ3) is 1.87. The minimum absolute atomic E-state index is 0.650. The van der Waals surface area contributed by atoms with Crippen LogP contribution in [0.5, 0.6) is 0 Å². The van der Waals surface area contributed by atoms with Crippen molar-refractivity contribution in [2.45, 2.75) is 0 Å². The number of aromatic nitrogens is 1. The van der Waals surface area contributed by atoms with Gasteiger partial charge in [0.25, 0.3) is 0 Å². The van der Waals surface area contributed by atoms with Gasteiger partial charge in [-0.05, 0) is 12.1 Å². The van der Waals surface area contributed by atoms with E-state index >= 15 is 0 Å². The van der Waals surface area contributed by atoms with E-state index < -0.39 is 0 Å². The van der Waals surface area contributed by atoms with Crippen LogP contribution in [-0.4, -0.2) is 4.98 Å². The summed E-state index contributed by atoms with van der Waals surface area (Å²) in [6.07, 6.45) is 0. The maximum atomic E-state index is 6.44. The quantitative estimate of drug-likeness (QED) is 0.353. The van der Waals surface area contributed by atoms with Gasteiger partial charge in [0.05, 0.1) is 10.5 Å². The van der Waals surface area contributed by atoms with Gasteiger partial charge in [0, 0.05) is 21.7 Å². The van der Waals surface area contributed by atoms with E-state index in [1.165, 1.54) is 0 Å². The third-order valence-electron chi connectivity index (χ3n) is 4.34. The van der Waals surface area contributed by atoms with Crippen molar-refractivity contribution in [3.8, 4) is 11.3 Å². The highest BCUT2D eigenvalue weighted by molar-refractivity contribution is 6.36. The molecule has 0 saturated carbocycles. The summed E-state index contributed by atoms with van der Waals surface area (Å²) in [6.45, 7) is 0. The first kappa shape index (κ1) is 13.6. The number of para-hydroxylation sites is 2. The normalized spacial score (nSPS) is 11.5. The van der Waals surface area contributed by atoms with Gasteiger partial charge in [-0.1, -0.05) is 72.3 Å². The van der Waals surface area contributed by atoms with Gasteiger partial charge in [-0.2, -0.15) is 0 Å². The van der Waals surface area contributed by atoms with Gasteiger partial charge < -0.3 is 4.42 Å². The van der Waals surface area contributed by atoms with Crippen molar-refractivity contribution >= 4 is 44.4 Å². The van der Waals surface area contributed by atoms with Crippen LogP contribution in [0, 0.1) is 0 Å². The Bertz CT molecular complexity index is 1210. The molecule has 0 aliphatic rings. The molecule has 5 rings (SSSR count). The molecule has 5 aromatic rings. The van der Waals surface area contributed by atoms with Crippen LogP contribution in [0.2, 0.25) is 5.02 Å². The van der Waals surface area contributed by atoms with Crippen molar-refractivity contribution in [2.24, 2.45) is 0 Å². The van der Waals surface area contributed by atoms with Crippen LogP contribution in [0.4, 0.5) is 0 Å². The molecule has 0 aliphatic heterocycles. The van der Waals surface area contributed by atoms with Crippen molar-refractivity contribution in [3.05, 3.63) is 77.8 Å². The molecule has 24 heavy (non-hydrogen) atoms. The van der Waals surface area contributed by atoms with Gasteiger partial charge in [-0.25, -0.2) is 4.98 Å². The lowest BCUT2D eigenvalue weighted by molar-refractivity contribution is 0.669. The van der Waals surface area contributed by atoms with E-state index in [1.54, 1.807) is 0 Å². The van der Waals surface area contributed by atoms with Crippen LogP contribution >= 0.6 is 11.6 Å². The summed E-state index contributed by atoms with van der Waals surface area (Å²) >= 11 is 6.44. The fourth-order valence-corrected chi connectivity index (χ4v) is 3.48. The van der Waals surface area contributed by atoms with Crippen molar-refractivity contribution in [2.75, 3.05) is 0 Å². The number of fused-ring (bicyclic) bond motifs is 5. The molecule has 0 bridgehead atoms. The van der Waals surface area contributed by atoms with Gasteiger partial charge in [0.2, 0.25) is 0 Å². The van der Waals surface area contributed by atoms with Gasteiger partial charge in [0.15, 0.2) is 5.58 Å². The summed E-state index contributed by atoms with van der Waals surface area (Å²) in [5.74, 6) is 0. The van der Waals surface area contributed by atoms with E-state index in [-0.39, 0.29) is 0 Å². The molecule has 0 N–H and O–H groups in total. The van der Waals surface area contributed by atoms with E-state index in [0.29, 0.717) is 5.02 Å². The van der Waals surface area contributed by atoms with Crippen molar-refractivity contribution < 1.29 is 4.42 Å². The van der Waals surface area contributed by atoms with E-state index in [9.17, 15) is 0 Å². The molecule has 2 heterocycles. The maximum Gasteiger partial charge on any atom is 0.162 e. The molecule has 114 valence electrons. The van der Waals surface area contributed by atoms with Gasteiger partial charge >= 0.3 is 0 Å². The van der Waals surface area contributed by atoms with Gasteiger partial charge in [-0.3, -0.25) is 0 Å². The summed E-state index contributed by atoms with van der Waals surface area (Å²) in [5, 5.41) is 3.82. The zero-order chi connectivity index (χ0) is 16.1. The second-order valence-corrected chi connectivity index (χ2v) is 6.17.